The van der Waals surface area contributed by atoms with E-state index in [9.17, 15) is 9.59 Å². The molecule has 11 nitrogen and oxygen atoms in total. The molecule has 1 atom stereocenters. The minimum absolute atomic E-state index is 0.0682. The van der Waals surface area contributed by atoms with Gasteiger partial charge in [0.05, 0.1) is 11.2 Å². The fourth-order valence-electron chi connectivity index (χ4n) is 5.52. The molecule has 11 heteroatoms. The summed E-state index contributed by atoms with van der Waals surface area (Å²) in [5.41, 5.74) is 3.26. The van der Waals surface area contributed by atoms with Gasteiger partial charge in [0.1, 0.15) is 18.1 Å². The molecule has 2 aromatic heterocycles. The number of hydrogen-bond donors (Lipinski definition) is 1. The lowest BCUT2D eigenvalue weighted by atomic mass is 9.94. The monoisotopic (exact) mass is 529 g/mol. The molecule has 39 heavy (non-hydrogen) atoms. The molecule has 202 valence electrons. The van der Waals surface area contributed by atoms with Gasteiger partial charge in [-0.3, -0.25) is 19.2 Å². The molecule has 0 saturated heterocycles. The van der Waals surface area contributed by atoms with Gasteiger partial charge in [0.2, 0.25) is 18.6 Å². The van der Waals surface area contributed by atoms with E-state index in [0.717, 1.165) is 31.2 Å². The van der Waals surface area contributed by atoms with Crippen molar-refractivity contribution in [3.8, 4) is 11.5 Å². The third kappa shape index (κ3) is 4.91. The average Bonchev–Trinajstić information content (AvgIpc) is 3.65. The van der Waals surface area contributed by atoms with Gasteiger partial charge in [0, 0.05) is 36.6 Å². The van der Waals surface area contributed by atoms with Crippen LogP contribution in [0.3, 0.4) is 0 Å². The molecule has 0 spiro atoms. The van der Waals surface area contributed by atoms with Crippen LogP contribution < -0.4 is 19.7 Å². The van der Waals surface area contributed by atoms with Gasteiger partial charge in [0.15, 0.2) is 11.5 Å². The van der Waals surface area contributed by atoms with E-state index in [1.165, 1.54) is 11.3 Å². The van der Waals surface area contributed by atoms with E-state index in [0.29, 0.717) is 34.0 Å². The molecule has 0 unspecified atom stereocenters. The van der Waals surface area contributed by atoms with Crippen LogP contribution in [0.2, 0.25) is 0 Å². The molecular formula is C28H31N7O4. The number of hydrogen-bond acceptors (Lipinski definition) is 7. The summed E-state index contributed by atoms with van der Waals surface area (Å²) in [5.74, 6) is 0.545. The molecule has 1 N–H and O–H groups in total. The van der Waals surface area contributed by atoms with Gasteiger partial charge in [-0.15, -0.1) is 5.10 Å². The van der Waals surface area contributed by atoms with Gasteiger partial charge >= 0.3 is 0 Å². The van der Waals surface area contributed by atoms with Crippen molar-refractivity contribution in [2.75, 3.05) is 11.7 Å². The van der Waals surface area contributed by atoms with Crippen molar-refractivity contribution < 1.29 is 19.1 Å². The molecule has 4 aromatic rings. The minimum Gasteiger partial charge on any atom is -0.454 e. The van der Waals surface area contributed by atoms with Gasteiger partial charge < -0.3 is 14.8 Å². The third-order valence-corrected chi connectivity index (χ3v) is 7.41. The summed E-state index contributed by atoms with van der Waals surface area (Å²) in [5, 5.41) is 16.2. The Labute approximate surface area is 225 Å². The van der Waals surface area contributed by atoms with E-state index >= 15 is 0 Å². The number of carbonyl (C=O) groups excluding carboxylic acids is 2. The van der Waals surface area contributed by atoms with E-state index in [4.69, 9.17) is 9.47 Å². The number of aryl methyl sites for hydroxylation is 2. The second-order valence-corrected chi connectivity index (χ2v) is 10.1. The molecule has 0 radical (unpaired) electrons. The minimum atomic E-state index is -0.955. The smallest absolute Gasteiger partial charge is 0.249 e. The van der Waals surface area contributed by atoms with Crippen molar-refractivity contribution in [3.05, 3.63) is 59.9 Å². The van der Waals surface area contributed by atoms with Gasteiger partial charge in [-0.2, -0.15) is 5.10 Å². The first kappa shape index (κ1) is 24.9. The van der Waals surface area contributed by atoms with Crippen LogP contribution in [0.15, 0.2) is 48.7 Å². The molecule has 3 heterocycles. The third-order valence-electron chi connectivity index (χ3n) is 7.41. The van der Waals surface area contributed by atoms with Crippen molar-refractivity contribution in [1.82, 2.24) is 30.1 Å². The molecule has 1 aliphatic heterocycles. The summed E-state index contributed by atoms with van der Waals surface area (Å²) in [7, 11) is 1.81. The number of fused-ring (bicyclic) bond motifs is 2. The quantitative estimate of drug-likeness (QED) is 0.390. The number of carbonyl (C=O) groups is 2. The predicted molar refractivity (Wildman–Crippen MR) is 143 cm³/mol. The highest BCUT2D eigenvalue weighted by molar-refractivity contribution is 6.02. The molecule has 1 fully saturated rings. The second-order valence-electron chi connectivity index (χ2n) is 10.1. The van der Waals surface area contributed by atoms with Crippen molar-refractivity contribution in [2.24, 2.45) is 7.05 Å². The number of rotatable bonds is 7. The van der Waals surface area contributed by atoms with Crippen LogP contribution in [-0.4, -0.2) is 49.4 Å². The zero-order valence-electron chi connectivity index (χ0n) is 22.0. The first-order chi connectivity index (χ1) is 19.0. The number of anilines is 1. The second kappa shape index (κ2) is 10.4. The summed E-state index contributed by atoms with van der Waals surface area (Å²) in [6.07, 6.45) is 6.97. The highest BCUT2D eigenvalue weighted by Gasteiger charge is 2.37. The normalized spacial score (nSPS) is 15.8. The number of nitrogens with one attached hydrogen (secondary N) is 1. The summed E-state index contributed by atoms with van der Waals surface area (Å²) < 4.78 is 14.3. The Morgan fingerprint density at radius 1 is 1.10 bits per heavy atom. The van der Waals surface area contributed by atoms with Crippen molar-refractivity contribution in [1.29, 1.82) is 0 Å². The van der Waals surface area contributed by atoms with Crippen LogP contribution in [0.4, 0.5) is 5.69 Å². The van der Waals surface area contributed by atoms with Crippen LogP contribution in [-0.2, 0) is 23.2 Å². The number of aromatic nitrogens is 5. The van der Waals surface area contributed by atoms with Gasteiger partial charge in [-0.25, -0.2) is 4.68 Å². The molecule has 2 amide bonds. The Hall–Kier alpha value is -4.41. The number of ether oxygens (including phenoxy) is 2. The van der Waals surface area contributed by atoms with Crippen LogP contribution in [0.25, 0.3) is 11.0 Å². The van der Waals surface area contributed by atoms with E-state index in [2.05, 4.69) is 20.7 Å². The summed E-state index contributed by atoms with van der Waals surface area (Å²) >= 11 is 0. The lowest BCUT2D eigenvalue weighted by Crippen LogP contribution is -2.48. The summed E-state index contributed by atoms with van der Waals surface area (Å²) in [4.78, 5) is 29.9. The van der Waals surface area contributed by atoms with E-state index in [-0.39, 0.29) is 31.2 Å². The topological polar surface area (TPSA) is 116 Å². The lowest BCUT2D eigenvalue weighted by Gasteiger charge is -2.33. The molecule has 6 rings (SSSR count). The number of nitrogens with zero attached hydrogens (tertiary/aromatic N) is 6. The predicted octanol–water partition coefficient (Wildman–Crippen LogP) is 3.43. The molecule has 1 aliphatic carbocycles. The van der Waals surface area contributed by atoms with Crippen LogP contribution in [0.5, 0.6) is 11.5 Å². The maximum Gasteiger partial charge on any atom is 0.249 e. The lowest BCUT2D eigenvalue weighted by molar-refractivity contribution is -0.127. The maximum absolute atomic E-state index is 14.2. The Morgan fingerprint density at radius 2 is 1.90 bits per heavy atom. The van der Waals surface area contributed by atoms with E-state index in [1.807, 2.05) is 31.2 Å². The van der Waals surface area contributed by atoms with Crippen molar-refractivity contribution in [2.45, 2.75) is 57.7 Å². The van der Waals surface area contributed by atoms with Crippen molar-refractivity contribution >= 4 is 28.5 Å². The van der Waals surface area contributed by atoms with Crippen molar-refractivity contribution in [3.63, 3.8) is 0 Å². The van der Waals surface area contributed by atoms with Crippen LogP contribution in [0.1, 0.15) is 49.4 Å². The Balaban J connectivity index is 1.43. The van der Waals surface area contributed by atoms with Crippen LogP contribution in [0, 0.1) is 6.92 Å². The number of amides is 2. The van der Waals surface area contributed by atoms with E-state index < -0.39 is 6.04 Å². The van der Waals surface area contributed by atoms with Crippen LogP contribution >= 0.6 is 0 Å². The summed E-state index contributed by atoms with van der Waals surface area (Å²) in [6.45, 7) is 1.84. The van der Waals surface area contributed by atoms with E-state index in [1.54, 1.807) is 40.8 Å². The SMILES string of the molecule is Cc1nn(C)cc1[C@@H](C(=O)NC1CCCCC1)N(C(=O)Cn1nnc2ccccc21)c1ccc2c(c1)OCO2. The first-order valence-electron chi connectivity index (χ1n) is 13.3. The molecule has 1 saturated carbocycles. The number of benzene rings is 2. The highest BCUT2D eigenvalue weighted by atomic mass is 16.7. The molecular weight excluding hydrogens is 498 g/mol. The fourth-order valence-corrected chi connectivity index (χ4v) is 5.52. The fraction of sp³-hybridized carbons (Fsp3) is 0.393. The summed E-state index contributed by atoms with van der Waals surface area (Å²) in [6, 6.07) is 11.9. The molecule has 0 bridgehead atoms. The largest absolute Gasteiger partial charge is 0.454 e. The Bertz CT molecular complexity index is 1520. The van der Waals surface area contributed by atoms with Gasteiger partial charge in [-0.05, 0) is 44.0 Å². The highest BCUT2D eigenvalue weighted by Crippen LogP contribution is 2.39. The maximum atomic E-state index is 14.2. The standard InChI is InChI=1S/C28H31N7O4/c1-18-21(15-33(2)31-18)27(28(37)29-19-8-4-3-5-9-19)35(20-12-13-24-25(14-20)39-17-38-24)26(36)16-34-23-11-7-6-10-22(23)30-32-34/h6-7,10-15,19,27H,3-5,8-9,16-17H2,1-2H3,(H,29,37)/t27-/m0/s1. The molecule has 2 aromatic carbocycles. The first-order valence-corrected chi connectivity index (χ1v) is 13.3. The Kier molecular flexibility index (Phi) is 6.64. The zero-order chi connectivity index (χ0) is 26.9. The van der Waals surface area contributed by atoms with Gasteiger partial charge in [-0.1, -0.05) is 36.6 Å². The Morgan fingerprint density at radius 3 is 2.69 bits per heavy atom. The average molecular weight is 530 g/mol. The number of para-hydroxylation sites is 1. The van der Waals surface area contributed by atoms with Gasteiger partial charge in [0.25, 0.3) is 0 Å². The molecule has 2 aliphatic rings. The zero-order valence-corrected chi connectivity index (χ0v) is 22.0.